The van der Waals surface area contributed by atoms with Crippen LogP contribution in [0.3, 0.4) is 0 Å². The number of carbonyl (C=O) groups is 2. The minimum Gasteiger partial charge on any atom is -0.325 e. The molecular weight excluding hydrogens is 358 g/mol. The molecule has 2 amide bonds. The van der Waals surface area contributed by atoms with E-state index in [-0.39, 0.29) is 34.2 Å². The summed E-state index contributed by atoms with van der Waals surface area (Å²) in [5.74, 6) is 0.872. The highest BCUT2D eigenvalue weighted by molar-refractivity contribution is 8.00. The van der Waals surface area contributed by atoms with E-state index in [9.17, 15) is 9.59 Å². The van der Waals surface area contributed by atoms with Gasteiger partial charge >= 0.3 is 0 Å². The first-order chi connectivity index (χ1) is 12.7. The molecule has 2 aliphatic carbocycles. The van der Waals surface area contributed by atoms with Crippen molar-refractivity contribution in [1.82, 2.24) is 5.43 Å². The molecule has 0 spiro atoms. The number of nitrogens with one attached hydrogen (secondary N) is 2. The van der Waals surface area contributed by atoms with Gasteiger partial charge in [-0.1, -0.05) is 32.9 Å². The summed E-state index contributed by atoms with van der Waals surface area (Å²) < 4.78 is 0. The quantitative estimate of drug-likeness (QED) is 0.725. The number of thioether (sulfide) groups is 1. The average Bonchev–Trinajstić information content (AvgIpc) is 2.93. The molecule has 2 saturated carbocycles. The highest BCUT2D eigenvalue weighted by Gasteiger charge is 2.59. The molecule has 2 bridgehead atoms. The maximum atomic E-state index is 12.1. The fourth-order valence-electron chi connectivity index (χ4n) is 4.42. The topological polar surface area (TPSA) is 70.6 Å². The normalized spacial score (nSPS) is 27.0. The second-order valence-corrected chi connectivity index (χ2v) is 9.48. The Morgan fingerprint density at radius 3 is 2.59 bits per heavy atom. The number of amides is 2. The zero-order valence-corrected chi connectivity index (χ0v) is 17.4. The van der Waals surface area contributed by atoms with Gasteiger partial charge in [-0.3, -0.25) is 9.59 Å². The Kier molecular flexibility index (Phi) is 5.65. The number of nitrogens with zero attached hydrogens (tertiary/aromatic N) is 1. The first-order valence-electron chi connectivity index (χ1n) is 9.52. The number of rotatable bonds is 6. The molecule has 0 unspecified atom stereocenters. The van der Waals surface area contributed by atoms with Crippen molar-refractivity contribution in [3.05, 3.63) is 29.8 Å². The number of carbonyl (C=O) groups excluding carboxylic acids is 2. The largest absolute Gasteiger partial charge is 0.325 e. The molecule has 0 aliphatic heterocycles. The van der Waals surface area contributed by atoms with Crippen LogP contribution in [0.15, 0.2) is 29.4 Å². The van der Waals surface area contributed by atoms with Crippen LogP contribution in [0.5, 0.6) is 0 Å². The average molecular weight is 388 g/mol. The molecule has 146 valence electrons. The van der Waals surface area contributed by atoms with Crippen molar-refractivity contribution in [2.45, 2.75) is 47.0 Å². The lowest BCUT2D eigenvalue weighted by Crippen LogP contribution is -2.34. The molecule has 6 heteroatoms. The minimum absolute atomic E-state index is 0.0891. The number of benzene rings is 1. The summed E-state index contributed by atoms with van der Waals surface area (Å²) in [4.78, 5) is 24.1. The highest BCUT2D eigenvalue weighted by atomic mass is 32.2. The van der Waals surface area contributed by atoms with Crippen molar-refractivity contribution in [1.29, 1.82) is 0 Å². The fourth-order valence-corrected chi connectivity index (χ4v) is 5.03. The molecule has 1 aromatic rings. The monoisotopic (exact) mass is 387 g/mol. The van der Waals surface area contributed by atoms with Crippen LogP contribution in [0.2, 0.25) is 0 Å². The highest BCUT2D eigenvalue weighted by Crippen LogP contribution is 2.63. The van der Waals surface area contributed by atoms with E-state index in [0.29, 0.717) is 5.92 Å². The first kappa shape index (κ1) is 19.9. The Morgan fingerprint density at radius 2 is 1.96 bits per heavy atom. The summed E-state index contributed by atoms with van der Waals surface area (Å²) in [6.45, 7) is 8.89. The molecule has 2 atom stereocenters. The van der Waals surface area contributed by atoms with Gasteiger partial charge in [-0.15, -0.1) is 11.8 Å². The zero-order chi connectivity index (χ0) is 19.7. The minimum atomic E-state index is -0.153. The van der Waals surface area contributed by atoms with Crippen LogP contribution in [0.1, 0.15) is 45.6 Å². The predicted octanol–water partition coefficient (Wildman–Crippen LogP) is 3.99. The number of hydrazone groups is 1. The molecule has 27 heavy (non-hydrogen) atoms. The summed E-state index contributed by atoms with van der Waals surface area (Å²) in [7, 11) is 0. The lowest BCUT2D eigenvalue weighted by molar-refractivity contribution is -0.118. The van der Waals surface area contributed by atoms with Crippen molar-refractivity contribution in [3.63, 3.8) is 0 Å². The van der Waals surface area contributed by atoms with Crippen LogP contribution >= 0.6 is 11.8 Å². The van der Waals surface area contributed by atoms with Gasteiger partial charge in [0.2, 0.25) is 11.8 Å². The van der Waals surface area contributed by atoms with Gasteiger partial charge in [-0.25, -0.2) is 5.43 Å². The Bertz CT molecular complexity index is 774. The van der Waals surface area contributed by atoms with E-state index in [1.54, 1.807) is 0 Å². The van der Waals surface area contributed by atoms with Gasteiger partial charge in [0.15, 0.2) is 0 Å². The Morgan fingerprint density at radius 1 is 1.22 bits per heavy atom. The molecule has 0 heterocycles. The summed E-state index contributed by atoms with van der Waals surface area (Å²) in [6.07, 6.45) is 3.38. The molecule has 1 aromatic carbocycles. The van der Waals surface area contributed by atoms with E-state index >= 15 is 0 Å². The summed E-state index contributed by atoms with van der Waals surface area (Å²) >= 11 is 1.30. The van der Waals surface area contributed by atoms with Gasteiger partial charge in [0.25, 0.3) is 0 Å². The van der Waals surface area contributed by atoms with Gasteiger partial charge < -0.3 is 5.32 Å². The Balaban J connectivity index is 1.42. The molecule has 0 radical (unpaired) electrons. The van der Waals surface area contributed by atoms with Crippen molar-refractivity contribution in [2.75, 3.05) is 16.8 Å². The molecule has 2 aliphatic rings. The second-order valence-electron chi connectivity index (χ2n) is 8.50. The number of aryl methyl sites for hydroxylation is 1. The Hall–Kier alpha value is -1.82. The van der Waals surface area contributed by atoms with Crippen LogP contribution in [-0.4, -0.2) is 29.0 Å². The van der Waals surface area contributed by atoms with Crippen LogP contribution < -0.4 is 10.7 Å². The van der Waals surface area contributed by atoms with Crippen LogP contribution in [0, 0.1) is 23.7 Å². The Labute approximate surface area is 165 Å². The van der Waals surface area contributed by atoms with Crippen molar-refractivity contribution < 1.29 is 9.59 Å². The molecule has 2 N–H and O–H groups in total. The number of hydrogen-bond acceptors (Lipinski definition) is 4. The molecule has 3 rings (SSSR count). The summed E-state index contributed by atoms with van der Waals surface area (Å²) in [5, 5.41) is 7.30. The van der Waals surface area contributed by atoms with E-state index in [1.165, 1.54) is 18.2 Å². The van der Waals surface area contributed by atoms with Crippen molar-refractivity contribution in [3.8, 4) is 0 Å². The number of fused-ring (bicyclic) bond motifs is 2. The van der Waals surface area contributed by atoms with E-state index < -0.39 is 0 Å². The molecular formula is C21H29N3O2S. The third-order valence-corrected chi connectivity index (χ3v) is 7.53. The van der Waals surface area contributed by atoms with E-state index in [0.717, 1.165) is 29.8 Å². The number of anilines is 1. The summed E-state index contributed by atoms with van der Waals surface area (Å²) in [5.41, 5.74) is 6.04. The van der Waals surface area contributed by atoms with Gasteiger partial charge in [0.1, 0.15) is 0 Å². The van der Waals surface area contributed by atoms with Crippen LogP contribution in [0.25, 0.3) is 0 Å². The fraction of sp³-hybridized carbons (Fsp3) is 0.571. The van der Waals surface area contributed by atoms with Crippen LogP contribution in [-0.2, 0) is 9.59 Å². The maximum absolute atomic E-state index is 12.1. The van der Waals surface area contributed by atoms with Gasteiger partial charge in [0.05, 0.1) is 11.5 Å². The zero-order valence-electron chi connectivity index (χ0n) is 16.6. The van der Waals surface area contributed by atoms with E-state index in [4.69, 9.17) is 0 Å². The van der Waals surface area contributed by atoms with Gasteiger partial charge in [-0.2, -0.15) is 5.10 Å². The predicted molar refractivity (Wildman–Crippen MR) is 112 cm³/mol. The molecule has 0 aromatic heterocycles. The smallest absolute Gasteiger partial charge is 0.250 e. The van der Waals surface area contributed by atoms with Gasteiger partial charge in [0, 0.05) is 16.8 Å². The number of hydrogen-bond donors (Lipinski definition) is 2. The third kappa shape index (κ3) is 4.05. The maximum Gasteiger partial charge on any atom is 0.250 e. The standard InChI is InChI=1S/C21H29N3O2S/c1-14-6-5-7-16(10-14)22-18(25)12-27-13-19(26)24-23-17-11-15-8-9-21(17,4)20(15,2)3/h5-7,10,15H,8-9,11-13H2,1-4H3,(H,22,25)(H,24,26)/b23-17-/t15-,21-/m0/s1. The SMILES string of the molecule is Cc1cccc(NC(=O)CSCC(=O)N/N=C2/C[C@@H]3CC[C@]2(C)C3(C)C)c1. The molecule has 2 fully saturated rings. The van der Waals surface area contributed by atoms with Gasteiger partial charge in [-0.05, 0) is 55.2 Å². The summed E-state index contributed by atoms with van der Waals surface area (Å²) in [6, 6.07) is 7.66. The second kappa shape index (κ2) is 7.66. The van der Waals surface area contributed by atoms with Crippen molar-refractivity contribution >= 4 is 35.0 Å². The first-order valence-corrected chi connectivity index (χ1v) is 10.7. The lowest BCUT2D eigenvalue weighted by Gasteiger charge is -2.34. The molecule has 0 saturated heterocycles. The van der Waals surface area contributed by atoms with E-state index in [2.05, 4.69) is 36.6 Å². The van der Waals surface area contributed by atoms with E-state index in [1.807, 2.05) is 31.2 Å². The molecule has 5 nitrogen and oxygen atoms in total. The van der Waals surface area contributed by atoms with Crippen LogP contribution in [0.4, 0.5) is 5.69 Å². The third-order valence-electron chi connectivity index (χ3n) is 6.60. The lowest BCUT2D eigenvalue weighted by atomic mass is 9.70. The van der Waals surface area contributed by atoms with Crippen molar-refractivity contribution in [2.24, 2.45) is 21.8 Å².